The zero-order valence-electron chi connectivity index (χ0n) is 13.0. The van der Waals surface area contributed by atoms with Crippen LogP contribution in [0.15, 0.2) is 46.2 Å². The fraction of sp³-hybridized carbons (Fsp3) is 0.0667. The van der Waals surface area contributed by atoms with Crippen molar-refractivity contribution in [1.29, 1.82) is 0 Å². The molecule has 0 amide bonds. The van der Waals surface area contributed by atoms with Crippen molar-refractivity contribution < 1.29 is 9.90 Å². The molecule has 3 aromatic heterocycles. The predicted molar refractivity (Wildman–Crippen MR) is 91.9 cm³/mol. The number of nitrogens with zero attached hydrogens (tertiary/aromatic N) is 5. The number of aromatic carboxylic acids is 1. The van der Waals surface area contributed by atoms with E-state index in [1.54, 1.807) is 24.3 Å². The number of aromatic amines is 1. The maximum Gasteiger partial charge on any atom is 0.345 e. The Balaban J connectivity index is 1.72. The number of carbonyl (C=O) groups is 1. The van der Waals surface area contributed by atoms with Crippen LogP contribution < -0.4 is 11.2 Å². The zero-order valence-corrected chi connectivity index (χ0v) is 13.8. The van der Waals surface area contributed by atoms with Gasteiger partial charge in [0.15, 0.2) is 0 Å². The Hall–Kier alpha value is -3.60. The van der Waals surface area contributed by atoms with E-state index in [1.807, 2.05) is 0 Å². The number of carboxylic acids is 1. The van der Waals surface area contributed by atoms with E-state index < -0.39 is 17.2 Å². The van der Waals surface area contributed by atoms with Crippen LogP contribution in [-0.4, -0.2) is 40.8 Å². The van der Waals surface area contributed by atoms with Crippen LogP contribution in [0.25, 0.3) is 15.9 Å². The number of rotatable bonds is 4. The average Bonchev–Trinajstić information content (AvgIpc) is 3.29. The summed E-state index contributed by atoms with van der Waals surface area (Å²) < 4.78 is 2.51. The van der Waals surface area contributed by atoms with Crippen molar-refractivity contribution in [3.63, 3.8) is 0 Å². The number of benzene rings is 1. The lowest BCUT2D eigenvalue weighted by atomic mass is 10.2. The Kier molecular flexibility index (Phi) is 3.69. The second kappa shape index (κ2) is 6.04. The summed E-state index contributed by atoms with van der Waals surface area (Å²) >= 11 is 0.859. The molecule has 4 aromatic rings. The third kappa shape index (κ3) is 2.69. The number of tetrazole rings is 1. The minimum atomic E-state index is -1.14. The van der Waals surface area contributed by atoms with Crippen LogP contribution in [0.5, 0.6) is 0 Å². The summed E-state index contributed by atoms with van der Waals surface area (Å²) in [5.74, 6) is -1.14. The molecule has 0 bridgehead atoms. The number of aromatic nitrogens is 6. The molecule has 0 spiro atoms. The van der Waals surface area contributed by atoms with Gasteiger partial charge in [-0.15, -0.1) is 16.4 Å². The van der Waals surface area contributed by atoms with Crippen LogP contribution in [0.4, 0.5) is 0 Å². The Morgan fingerprint density at radius 1 is 1.23 bits per heavy atom. The van der Waals surface area contributed by atoms with Crippen molar-refractivity contribution in [1.82, 2.24) is 29.8 Å². The van der Waals surface area contributed by atoms with Crippen LogP contribution in [0, 0.1) is 0 Å². The minimum Gasteiger partial charge on any atom is -0.477 e. The van der Waals surface area contributed by atoms with E-state index in [0.717, 1.165) is 27.2 Å². The molecule has 0 fully saturated rings. The summed E-state index contributed by atoms with van der Waals surface area (Å²) in [7, 11) is 0. The van der Waals surface area contributed by atoms with Crippen molar-refractivity contribution in [2.45, 2.75) is 6.54 Å². The van der Waals surface area contributed by atoms with Gasteiger partial charge in [-0.05, 0) is 34.2 Å². The molecule has 0 unspecified atom stereocenters. The second-order valence-electron chi connectivity index (χ2n) is 5.40. The largest absolute Gasteiger partial charge is 0.477 e. The minimum absolute atomic E-state index is 0.00343. The summed E-state index contributed by atoms with van der Waals surface area (Å²) in [6, 6.07) is 8.30. The van der Waals surface area contributed by atoms with E-state index in [2.05, 4.69) is 20.5 Å². The highest BCUT2D eigenvalue weighted by atomic mass is 32.1. The van der Waals surface area contributed by atoms with Crippen LogP contribution in [-0.2, 0) is 6.54 Å². The second-order valence-corrected chi connectivity index (χ2v) is 6.45. The van der Waals surface area contributed by atoms with Crippen molar-refractivity contribution >= 4 is 27.5 Å². The van der Waals surface area contributed by atoms with Crippen LogP contribution in [0.1, 0.15) is 15.2 Å². The smallest absolute Gasteiger partial charge is 0.345 e. The third-order valence-electron chi connectivity index (χ3n) is 3.77. The first-order valence-electron chi connectivity index (χ1n) is 7.35. The number of H-pyrrole nitrogens is 1. The van der Waals surface area contributed by atoms with Gasteiger partial charge in [-0.2, -0.15) is 0 Å². The zero-order chi connectivity index (χ0) is 18.3. The summed E-state index contributed by atoms with van der Waals surface area (Å²) in [6.45, 7) is 0.0538. The molecule has 10 nitrogen and oxygen atoms in total. The van der Waals surface area contributed by atoms with Gasteiger partial charge in [0.2, 0.25) is 0 Å². The summed E-state index contributed by atoms with van der Waals surface area (Å²) in [5, 5.41) is 20.1. The van der Waals surface area contributed by atoms with Crippen LogP contribution in [0.2, 0.25) is 0 Å². The molecule has 2 N–H and O–H groups in total. The lowest BCUT2D eigenvalue weighted by molar-refractivity contribution is 0.0702. The van der Waals surface area contributed by atoms with Crippen molar-refractivity contribution in [3.8, 4) is 5.69 Å². The molecular formula is C15H10N6O4S. The van der Waals surface area contributed by atoms with Gasteiger partial charge in [0.1, 0.15) is 16.0 Å². The van der Waals surface area contributed by atoms with Crippen LogP contribution in [0.3, 0.4) is 0 Å². The maximum absolute atomic E-state index is 12.6. The van der Waals surface area contributed by atoms with Gasteiger partial charge >= 0.3 is 11.7 Å². The molecule has 0 atom stereocenters. The maximum atomic E-state index is 12.6. The monoisotopic (exact) mass is 370 g/mol. The molecule has 0 saturated heterocycles. The van der Waals surface area contributed by atoms with Gasteiger partial charge < -0.3 is 5.11 Å². The number of nitrogens with one attached hydrogen (secondary N) is 1. The molecule has 26 heavy (non-hydrogen) atoms. The van der Waals surface area contributed by atoms with Crippen molar-refractivity contribution in [2.24, 2.45) is 0 Å². The first-order valence-corrected chi connectivity index (χ1v) is 8.17. The van der Waals surface area contributed by atoms with E-state index in [9.17, 15) is 14.4 Å². The van der Waals surface area contributed by atoms with E-state index in [1.165, 1.54) is 17.1 Å². The predicted octanol–water partition coefficient (Wildman–Crippen LogP) is 0.473. The Morgan fingerprint density at radius 3 is 2.65 bits per heavy atom. The summed E-state index contributed by atoms with van der Waals surface area (Å²) in [6.07, 6.45) is 1.45. The quantitative estimate of drug-likeness (QED) is 0.533. The van der Waals surface area contributed by atoms with E-state index in [-0.39, 0.29) is 21.6 Å². The highest BCUT2D eigenvalue weighted by Gasteiger charge is 2.15. The average molecular weight is 370 g/mol. The fourth-order valence-corrected chi connectivity index (χ4v) is 3.39. The highest BCUT2D eigenvalue weighted by Crippen LogP contribution is 2.20. The van der Waals surface area contributed by atoms with Crippen LogP contribution >= 0.6 is 11.3 Å². The van der Waals surface area contributed by atoms with Crippen molar-refractivity contribution in [3.05, 3.63) is 67.9 Å². The lowest BCUT2D eigenvalue weighted by Crippen LogP contribution is -2.34. The molecule has 1 aromatic carbocycles. The van der Waals surface area contributed by atoms with E-state index in [0.29, 0.717) is 0 Å². The number of hydrogen-bond donors (Lipinski definition) is 2. The molecule has 0 radical (unpaired) electrons. The number of carboxylic acid groups (broad SMARTS) is 1. The van der Waals surface area contributed by atoms with Gasteiger partial charge in [-0.1, -0.05) is 12.1 Å². The number of thiophene rings is 1. The molecule has 4 rings (SSSR count). The first-order chi connectivity index (χ1) is 12.5. The Bertz CT molecular complexity index is 1220. The van der Waals surface area contributed by atoms with Gasteiger partial charge in [0.05, 0.1) is 17.6 Å². The number of fused-ring (bicyclic) bond motifs is 1. The van der Waals surface area contributed by atoms with Gasteiger partial charge in [0.25, 0.3) is 5.56 Å². The molecule has 3 heterocycles. The first kappa shape index (κ1) is 15.9. The Labute approximate surface area is 148 Å². The molecule has 130 valence electrons. The molecule has 0 aliphatic carbocycles. The third-order valence-corrected chi connectivity index (χ3v) is 4.81. The topological polar surface area (TPSA) is 136 Å². The molecule has 0 aliphatic heterocycles. The highest BCUT2D eigenvalue weighted by molar-refractivity contribution is 7.20. The SMILES string of the molecule is O=C(O)c1cc2c(=O)n(Cc3ccc(-n4cnnn4)cc3)c(=O)[nH]c2s1. The fourth-order valence-electron chi connectivity index (χ4n) is 2.51. The summed E-state index contributed by atoms with van der Waals surface area (Å²) in [4.78, 5) is 38.7. The Morgan fingerprint density at radius 2 is 2.00 bits per heavy atom. The van der Waals surface area contributed by atoms with Gasteiger partial charge in [-0.3, -0.25) is 14.3 Å². The van der Waals surface area contributed by atoms with Gasteiger partial charge in [0, 0.05) is 0 Å². The normalized spacial score (nSPS) is 11.1. The van der Waals surface area contributed by atoms with E-state index in [4.69, 9.17) is 5.11 Å². The lowest BCUT2D eigenvalue weighted by Gasteiger charge is -2.06. The molecular weight excluding hydrogens is 360 g/mol. The summed E-state index contributed by atoms with van der Waals surface area (Å²) in [5.41, 5.74) is 0.338. The molecule has 0 saturated carbocycles. The van der Waals surface area contributed by atoms with E-state index >= 15 is 0 Å². The standard InChI is InChI=1S/C15H10N6O4S/c22-13-10-5-11(14(23)24)26-12(10)17-15(25)20(13)6-8-1-3-9(4-2-8)21-7-16-18-19-21/h1-5,7H,6H2,(H,17,25)(H,23,24). The van der Waals surface area contributed by atoms with Crippen molar-refractivity contribution in [2.75, 3.05) is 0 Å². The molecule has 0 aliphatic rings. The number of hydrogen-bond acceptors (Lipinski definition) is 7. The van der Waals surface area contributed by atoms with Gasteiger partial charge in [-0.25, -0.2) is 14.3 Å². The molecule has 11 heteroatoms.